The fourth-order valence-corrected chi connectivity index (χ4v) is 1.38. The molecular formula is C11H13NO4. The molecule has 0 aliphatic heterocycles. The number of aryl methyl sites for hydroxylation is 2. The quantitative estimate of drug-likeness (QED) is 0.444. The van der Waals surface area contributed by atoms with Crippen molar-refractivity contribution in [3.8, 4) is 0 Å². The molecule has 0 unspecified atom stereocenters. The van der Waals surface area contributed by atoms with Crippen LogP contribution in [0.5, 0.6) is 0 Å². The molecule has 1 rings (SSSR count). The molecule has 0 aliphatic rings. The summed E-state index contributed by atoms with van der Waals surface area (Å²) in [5, 5.41) is 10.6. The Balaban J connectivity index is 2.82. The molecule has 1 aromatic carbocycles. The van der Waals surface area contributed by atoms with Gasteiger partial charge in [0.2, 0.25) is 0 Å². The Bertz CT molecular complexity index is 414. The Morgan fingerprint density at radius 3 is 2.75 bits per heavy atom. The maximum Gasteiger partial charge on any atom is 0.305 e. The van der Waals surface area contributed by atoms with E-state index in [4.69, 9.17) is 0 Å². The van der Waals surface area contributed by atoms with Crippen LogP contribution in [0.4, 0.5) is 5.69 Å². The lowest BCUT2D eigenvalue weighted by molar-refractivity contribution is -0.384. The molecule has 0 saturated carbocycles. The summed E-state index contributed by atoms with van der Waals surface area (Å²) >= 11 is 0. The van der Waals surface area contributed by atoms with Crippen molar-refractivity contribution < 1.29 is 14.5 Å². The van der Waals surface area contributed by atoms with Crippen LogP contribution in [0.1, 0.15) is 17.5 Å². The van der Waals surface area contributed by atoms with Crippen LogP contribution in [-0.2, 0) is 16.0 Å². The first-order valence-corrected chi connectivity index (χ1v) is 4.85. The maximum atomic E-state index is 11.0. The number of methoxy groups -OCH3 is 1. The van der Waals surface area contributed by atoms with E-state index < -0.39 is 4.92 Å². The number of nitro benzene ring substituents is 1. The smallest absolute Gasteiger partial charge is 0.305 e. The first-order chi connectivity index (χ1) is 7.54. The van der Waals surface area contributed by atoms with E-state index in [1.165, 1.54) is 19.2 Å². The van der Waals surface area contributed by atoms with Gasteiger partial charge in [0.15, 0.2) is 0 Å². The van der Waals surface area contributed by atoms with Gasteiger partial charge >= 0.3 is 5.97 Å². The molecule has 0 radical (unpaired) electrons. The number of carbonyl (C=O) groups is 1. The third kappa shape index (κ3) is 3.05. The first-order valence-electron chi connectivity index (χ1n) is 4.85. The number of ether oxygens (including phenoxy) is 1. The van der Waals surface area contributed by atoms with Crippen molar-refractivity contribution in [3.63, 3.8) is 0 Å². The second-order valence-corrected chi connectivity index (χ2v) is 3.44. The van der Waals surface area contributed by atoms with Crippen LogP contribution in [0.2, 0.25) is 0 Å². The van der Waals surface area contributed by atoms with Crippen molar-refractivity contribution in [1.82, 2.24) is 0 Å². The van der Waals surface area contributed by atoms with Crippen molar-refractivity contribution in [2.75, 3.05) is 7.11 Å². The number of benzene rings is 1. The zero-order valence-corrected chi connectivity index (χ0v) is 9.23. The molecule has 0 fully saturated rings. The number of carbonyl (C=O) groups excluding carboxylic acids is 1. The molecule has 0 amide bonds. The molecule has 0 bridgehead atoms. The van der Waals surface area contributed by atoms with Gasteiger partial charge in [0.25, 0.3) is 5.69 Å². The van der Waals surface area contributed by atoms with E-state index in [2.05, 4.69) is 4.74 Å². The van der Waals surface area contributed by atoms with E-state index in [0.717, 1.165) is 11.1 Å². The average molecular weight is 223 g/mol. The van der Waals surface area contributed by atoms with E-state index in [1.54, 1.807) is 6.07 Å². The van der Waals surface area contributed by atoms with E-state index in [1.807, 2.05) is 6.92 Å². The Morgan fingerprint density at radius 1 is 1.50 bits per heavy atom. The van der Waals surface area contributed by atoms with Gasteiger partial charge in [0, 0.05) is 18.6 Å². The fourth-order valence-electron chi connectivity index (χ4n) is 1.38. The topological polar surface area (TPSA) is 69.4 Å². The summed E-state index contributed by atoms with van der Waals surface area (Å²) in [5.74, 6) is -0.314. The van der Waals surface area contributed by atoms with Crippen LogP contribution in [-0.4, -0.2) is 18.0 Å². The number of nitro groups is 1. The average Bonchev–Trinajstić information content (AvgIpc) is 2.27. The number of esters is 1. The number of nitrogens with zero attached hydrogens (tertiary/aromatic N) is 1. The third-order valence-electron chi connectivity index (χ3n) is 2.37. The van der Waals surface area contributed by atoms with E-state index in [-0.39, 0.29) is 18.1 Å². The standard InChI is InChI=1S/C11H13NO4/c1-8-3-5-10(12(14)15)7-9(8)4-6-11(13)16-2/h3,5,7H,4,6H2,1-2H3. The molecule has 5 heteroatoms. The van der Waals surface area contributed by atoms with Gasteiger partial charge in [0.05, 0.1) is 12.0 Å². The Kier molecular flexibility index (Phi) is 3.99. The van der Waals surface area contributed by atoms with E-state index in [9.17, 15) is 14.9 Å². The van der Waals surface area contributed by atoms with E-state index >= 15 is 0 Å². The normalized spacial score (nSPS) is 9.88. The lowest BCUT2D eigenvalue weighted by Gasteiger charge is -2.04. The van der Waals surface area contributed by atoms with Gasteiger partial charge in [-0.05, 0) is 24.5 Å². The molecule has 0 saturated heterocycles. The summed E-state index contributed by atoms with van der Waals surface area (Å²) in [6, 6.07) is 4.64. The molecule has 0 heterocycles. The zero-order valence-electron chi connectivity index (χ0n) is 9.23. The number of hydrogen-bond acceptors (Lipinski definition) is 4. The highest BCUT2D eigenvalue weighted by atomic mass is 16.6. The van der Waals surface area contributed by atoms with Gasteiger partial charge in [-0.1, -0.05) is 6.07 Å². The minimum absolute atomic E-state index is 0.0467. The molecule has 0 atom stereocenters. The van der Waals surface area contributed by atoms with Crippen molar-refractivity contribution in [2.45, 2.75) is 19.8 Å². The molecular weight excluding hydrogens is 210 g/mol. The molecule has 0 aromatic heterocycles. The summed E-state index contributed by atoms with van der Waals surface area (Å²) in [6.45, 7) is 1.86. The van der Waals surface area contributed by atoms with Crippen molar-refractivity contribution in [3.05, 3.63) is 39.4 Å². The minimum Gasteiger partial charge on any atom is -0.469 e. The molecule has 5 nitrogen and oxygen atoms in total. The summed E-state index contributed by atoms with van der Waals surface area (Å²) in [6.07, 6.45) is 0.693. The van der Waals surface area contributed by atoms with E-state index in [0.29, 0.717) is 6.42 Å². The van der Waals surface area contributed by atoms with Crippen LogP contribution >= 0.6 is 0 Å². The van der Waals surface area contributed by atoms with Gasteiger partial charge in [-0.2, -0.15) is 0 Å². The zero-order chi connectivity index (χ0) is 12.1. The highest BCUT2D eigenvalue weighted by molar-refractivity contribution is 5.69. The highest BCUT2D eigenvalue weighted by Crippen LogP contribution is 2.18. The summed E-state index contributed by atoms with van der Waals surface area (Å²) in [4.78, 5) is 21.1. The minimum atomic E-state index is -0.443. The molecule has 16 heavy (non-hydrogen) atoms. The summed E-state index contributed by atoms with van der Waals surface area (Å²) in [7, 11) is 1.32. The Labute approximate surface area is 93.2 Å². The van der Waals surface area contributed by atoms with Gasteiger partial charge in [-0.25, -0.2) is 0 Å². The predicted molar refractivity (Wildman–Crippen MR) is 58.2 cm³/mol. The van der Waals surface area contributed by atoms with Crippen molar-refractivity contribution >= 4 is 11.7 Å². The SMILES string of the molecule is COC(=O)CCc1cc([N+](=O)[O-])ccc1C. The fraction of sp³-hybridized carbons (Fsp3) is 0.364. The lowest BCUT2D eigenvalue weighted by atomic mass is 10.0. The van der Waals surface area contributed by atoms with Crippen molar-refractivity contribution in [1.29, 1.82) is 0 Å². The van der Waals surface area contributed by atoms with Crippen LogP contribution in [0.3, 0.4) is 0 Å². The van der Waals surface area contributed by atoms with Crippen LogP contribution < -0.4 is 0 Å². The summed E-state index contributed by atoms with van der Waals surface area (Å²) < 4.78 is 4.52. The second-order valence-electron chi connectivity index (χ2n) is 3.44. The first kappa shape index (κ1) is 12.2. The van der Waals surface area contributed by atoms with Crippen LogP contribution in [0.15, 0.2) is 18.2 Å². The van der Waals surface area contributed by atoms with Gasteiger partial charge in [-0.15, -0.1) is 0 Å². The monoisotopic (exact) mass is 223 g/mol. The number of non-ortho nitro benzene ring substituents is 1. The Morgan fingerprint density at radius 2 is 2.19 bits per heavy atom. The summed E-state index contributed by atoms with van der Waals surface area (Å²) in [5.41, 5.74) is 1.79. The van der Waals surface area contributed by atoms with Crippen LogP contribution in [0, 0.1) is 17.0 Å². The van der Waals surface area contributed by atoms with Crippen molar-refractivity contribution in [2.24, 2.45) is 0 Å². The van der Waals surface area contributed by atoms with Gasteiger partial charge < -0.3 is 4.74 Å². The lowest BCUT2D eigenvalue weighted by Crippen LogP contribution is -2.03. The Hall–Kier alpha value is -1.91. The molecule has 0 N–H and O–H groups in total. The largest absolute Gasteiger partial charge is 0.469 e. The van der Waals surface area contributed by atoms with Crippen LogP contribution in [0.25, 0.3) is 0 Å². The molecule has 0 aliphatic carbocycles. The molecule has 0 spiro atoms. The van der Waals surface area contributed by atoms with Gasteiger partial charge in [0.1, 0.15) is 0 Å². The number of hydrogen-bond donors (Lipinski definition) is 0. The molecule has 1 aromatic rings. The maximum absolute atomic E-state index is 11.0. The number of rotatable bonds is 4. The highest BCUT2D eigenvalue weighted by Gasteiger charge is 2.10. The van der Waals surface area contributed by atoms with Gasteiger partial charge in [-0.3, -0.25) is 14.9 Å². The molecule has 86 valence electrons. The second kappa shape index (κ2) is 5.25. The predicted octanol–water partition coefficient (Wildman–Crippen LogP) is 2.01. The third-order valence-corrected chi connectivity index (χ3v) is 2.37.